The highest BCUT2D eigenvalue weighted by atomic mass is 19.1. The van der Waals surface area contributed by atoms with Gasteiger partial charge in [-0.3, -0.25) is 9.69 Å². The largest absolute Gasteiger partial charge is 0.507 e. The van der Waals surface area contributed by atoms with Gasteiger partial charge in [0, 0.05) is 33.9 Å². The molecule has 0 atom stereocenters. The van der Waals surface area contributed by atoms with Crippen molar-refractivity contribution in [1.29, 1.82) is 0 Å². The van der Waals surface area contributed by atoms with Crippen molar-refractivity contribution in [3.63, 3.8) is 0 Å². The normalized spacial score (nSPS) is 11.0. The second kappa shape index (κ2) is 9.44. The minimum Gasteiger partial charge on any atom is -0.507 e. The first-order valence-electron chi connectivity index (χ1n) is 6.80. The fourth-order valence-corrected chi connectivity index (χ4v) is 1.94. The van der Waals surface area contributed by atoms with E-state index in [1.54, 1.807) is 14.2 Å². The van der Waals surface area contributed by atoms with Crippen molar-refractivity contribution in [2.75, 3.05) is 47.1 Å². The predicted molar refractivity (Wildman–Crippen MR) is 77.2 cm³/mol. The molecule has 0 saturated carbocycles. The van der Waals surface area contributed by atoms with Crippen LogP contribution < -0.4 is 0 Å². The molecular formula is C15H22FNO4. The first kappa shape index (κ1) is 17.6. The molecule has 0 aliphatic carbocycles. The van der Waals surface area contributed by atoms with E-state index < -0.39 is 5.82 Å². The number of phenolic OH excluding ortho intramolecular Hbond substituents is 1. The zero-order valence-electron chi connectivity index (χ0n) is 12.5. The van der Waals surface area contributed by atoms with Gasteiger partial charge in [-0.1, -0.05) is 0 Å². The number of methoxy groups -OCH3 is 2. The lowest BCUT2D eigenvalue weighted by atomic mass is 10.1. The smallest absolute Gasteiger partial charge is 0.180 e. The highest BCUT2D eigenvalue weighted by molar-refractivity contribution is 6.00. The Kier molecular flexibility index (Phi) is 7.89. The number of hydrogen-bond acceptors (Lipinski definition) is 5. The van der Waals surface area contributed by atoms with Gasteiger partial charge in [-0.15, -0.1) is 0 Å². The molecule has 5 nitrogen and oxygen atoms in total. The van der Waals surface area contributed by atoms with Gasteiger partial charge in [-0.05, 0) is 24.6 Å². The molecular weight excluding hydrogens is 277 g/mol. The van der Waals surface area contributed by atoms with Crippen molar-refractivity contribution in [2.45, 2.75) is 6.42 Å². The summed E-state index contributed by atoms with van der Waals surface area (Å²) in [6.45, 7) is 2.45. The molecule has 0 radical (unpaired) electrons. The van der Waals surface area contributed by atoms with Crippen LogP contribution in [0.4, 0.5) is 4.39 Å². The standard InChI is InChI=1S/C15H22FNO4/c1-20-8-3-6-17(7-9-21-2)11-15(19)13-10-12(16)4-5-14(13)18/h4-5,10,18H,3,6-9,11H2,1-2H3. The maximum absolute atomic E-state index is 13.2. The van der Waals surface area contributed by atoms with Gasteiger partial charge in [0.05, 0.1) is 18.7 Å². The van der Waals surface area contributed by atoms with E-state index in [-0.39, 0.29) is 23.6 Å². The number of aromatic hydroxyl groups is 1. The molecule has 1 rings (SSSR count). The van der Waals surface area contributed by atoms with Crippen LogP contribution in [-0.2, 0) is 9.47 Å². The Labute approximate surface area is 124 Å². The summed E-state index contributed by atoms with van der Waals surface area (Å²) >= 11 is 0. The molecule has 6 heteroatoms. The summed E-state index contributed by atoms with van der Waals surface area (Å²) < 4.78 is 23.2. The Balaban J connectivity index is 2.67. The molecule has 0 heterocycles. The fourth-order valence-electron chi connectivity index (χ4n) is 1.94. The van der Waals surface area contributed by atoms with E-state index in [1.165, 1.54) is 6.07 Å². The van der Waals surface area contributed by atoms with E-state index >= 15 is 0 Å². The van der Waals surface area contributed by atoms with Crippen LogP contribution in [0.5, 0.6) is 5.75 Å². The topological polar surface area (TPSA) is 59.0 Å². The van der Waals surface area contributed by atoms with E-state index in [9.17, 15) is 14.3 Å². The van der Waals surface area contributed by atoms with E-state index in [0.29, 0.717) is 26.3 Å². The van der Waals surface area contributed by atoms with Gasteiger partial charge in [-0.25, -0.2) is 4.39 Å². The third-order valence-electron chi connectivity index (χ3n) is 3.06. The van der Waals surface area contributed by atoms with E-state index in [0.717, 1.165) is 18.6 Å². The number of phenols is 1. The van der Waals surface area contributed by atoms with Gasteiger partial charge in [0.25, 0.3) is 0 Å². The van der Waals surface area contributed by atoms with Crippen LogP contribution in [-0.4, -0.2) is 62.9 Å². The van der Waals surface area contributed by atoms with Gasteiger partial charge in [-0.2, -0.15) is 0 Å². The molecule has 0 aromatic heterocycles. The lowest BCUT2D eigenvalue weighted by Gasteiger charge is -2.21. The molecule has 0 aliphatic heterocycles. The number of Topliss-reactive ketones (excluding diaryl/α,β-unsaturated/α-hetero) is 1. The number of rotatable bonds is 10. The fraction of sp³-hybridized carbons (Fsp3) is 0.533. The Bertz CT molecular complexity index is 453. The van der Waals surface area contributed by atoms with Crippen molar-refractivity contribution in [3.05, 3.63) is 29.6 Å². The number of carbonyl (C=O) groups excluding carboxylic acids is 1. The molecule has 1 N–H and O–H groups in total. The predicted octanol–water partition coefficient (Wildman–Crippen LogP) is 1.70. The Morgan fingerprint density at radius 2 is 1.95 bits per heavy atom. The number of halogens is 1. The van der Waals surface area contributed by atoms with Crippen LogP contribution in [0.3, 0.4) is 0 Å². The number of ether oxygens (including phenoxy) is 2. The molecule has 118 valence electrons. The van der Waals surface area contributed by atoms with Gasteiger partial charge in [0.15, 0.2) is 5.78 Å². The van der Waals surface area contributed by atoms with Crippen LogP contribution >= 0.6 is 0 Å². The monoisotopic (exact) mass is 299 g/mol. The van der Waals surface area contributed by atoms with Crippen molar-refractivity contribution in [3.8, 4) is 5.75 Å². The van der Waals surface area contributed by atoms with E-state index in [2.05, 4.69) is 0 Å². The maximum Gasteiger partial charge on any atom is 0.180 e. The summed E-state index contributed by atoms with van der Waals surface area (Å²) in [5, 5.41) is 9.66. The number of benzene rings is 1. The number of carbonyl (C=O) groups is 1. The maximum atomic E-state index is 13.2. The Hall–Kier alpha value is -1.50. The zero-order valence-corrected chi connectivity index (χ0v) is 12.5. The molecule has 0 saturated heterocycles. The summed E-state index contributed by atoms with van der Waals surface area (Å²) in [5.41, 5.74) is 0.00385. The van der Waals surface area contributed by atoms with Gasteiger partial charge >= 0.3 is 0 Å². The summed E-state index contributed by atoms with van der Waals surface area (Å²) in [4.78, 5) is 14.1. The summed E-state index contributed by atoms with van der Waals surface area (Å²) in [5.74, 6) is -1.07. The molecule has 0 fully saturated rings. The first-order chi connectivity index (χ1) is 10.1. The summed E-state index contributed by atoms with van der Waals surface area (Å²) in [6, 6.07) is 3.36. The van der Waals surface area contributed by atoms with Gasteiger partial charge < -0.3 is 14.6 Å². The number of ketones is 1. The minimum absolute atomic E-state index is 0.00385. The second-order valence-electron chi connectivity index (χ2n) is 4.70. The molecule has 0 aliphatic rings. The molecule has 1 aromatic carbocycles. The lowest BCUT2D eigenvalue weighted by molar-refractivity contribution is 0.0875. The van der Waals surface area contributed by atoms with Crippen LogP contribution in [0, 0.1) is 5.82 Å². The van der Waals surface area contributed by atoms with Crippen molar-refractivity contribution in [2.24, 2.45) is 0 Å². The Morgan fingerprint density at radius 1 is 1.24 bits per heavy atom. The third-order valence-corrected chi connectivity index (χ3v) is 3.06. The highest BCUT2D eigenvalue weighted by Crippen LogP contribution is 2.18. The quantitative estimate of drug-likeness (QED) is 0.526. The van der Waals surface area contributed by atoms with E-state index in [1.807, 2.05) is 4.90 Å². The Morgan fingerprint density at radius 3 is 2.62 bits per heavy atom. The average molecular weight is 299 g/mol. The number of hydrogen-bond donors (Lipinski definition) is 1. The van der Waals surface area contributed by atoms with Crippen molar-refractivity contribution < 1.29 is 23.8 Å². The van der Waals surface area contributed by atoms with Gasteiger partial charge in [0.1, 0.15) is 11.6 Å². The SMILES string of the molecule is COCCCN(CCOC)CC(=O)c1cc(F)ccc1O. The second-order valence-corrected chi connectivity index (χ2v) is 4.70. The molecule has 21 heavy (non-hydrogen) atoms. The first-order valence-corrected chi connectivity index (χ1v) is 6.80. The highest BCUT2D eigenvalue weighted by Gasteiger charge is 2.16. The average Bonchev–Trinajstić information content (AvgIpc) is 2.47. The van der Waals surface area contributed by atoms with Crippen molar-refractivity contribution >= 4 is 5.78 Å². The lowest BCUT2D eigenvalue weighted by Crippen LogP contribution is -2.34. The van der Waals surface area contributed by atoms with Crippen LogP contribution in [0.25, 0.3) is 0 Å². The molecule has 1 aromatic rings. The molecule has 0 bridgehead atoms. The van der Waals surface area contributed by atoms with Crippen molar-refractivity contribution in [1.82, 2.24) is 4.90 Å². The summed E-state index contributed by atoms with van der Waals surface area (Å²) in [6.07, 6.45) is 0.780. The van der Waals surface area contributed by atoms with E-state index in [4.69, 9.17) is 9.47 Å². The molecule has 0 spiro atoms. The third kappa shape index (κ3) is 6.20. The zero-order chi connectivity index (χ0) is 15.7. The molecule has 0 amide bonds. The minimum atomic E-state index is -0.543. The molecule has 0 unspecified atom stereocenters. The van der Waals surface area contributed by atoms with Crippen LogP contribution in [0.2, 0.25) is 0 Å². The van der Waals surface area contributed by atoms with Crippen LogP contribution in [0.15, 0.2) is 18.2 Å². The van der Waals surface area contributed by atoms with Crippen LogP contribution in [0.1, 0.15) is 16.8 Å². The summed E-state index contributed by atoms with van der Waals surface area (Å²) in [7, 11) is 3.21. The number of nitrogens with zero attached hydrogens (tertiary/aromatic N) is 1. The van der Waals surface area contributed by atoms with Gasteiger partial charge in [0.2, 0.25) is 0 Å².